The van der Waals surface area contributed by atoms with Gasteiger partial charge in [-0.3, -0.25) is 4.79 Å². The smallest absolute Gasteiger partial charge is 0.328 e. The largest absolute Gasteiger partial charge is 0.497 e. The fraction of sp³-hybridized carbons (Fsp3) is 0.250. The van der Waals surface area contributed by atoms with E-state index in [1.807, 2.05) is 48.5 Å². The summed E-state index contributed by atoms with van der Waals surface area (Å²) < 4.78 is 21.2. The summed E-state index contributed by atoms with van der Waals surface area (Å²) in [7, 11) is 4.47. The van der Waals surface area contributed by atoms with Gasteiger partial charge in [0.15, 0.2) is 5.76 Å². The molecule has 3 aromatic rings. The molecule has 0 radical (unpaired) electrons. The first-order valence-electron chi connectivity index (χ1n) is 9.76. The maximum atomic E-state index is 12.7. The van der Waals surface area contributed by atoms with Crippen LogP contribution >= 0.6 is 0 Å². The average molecular weight is 423 g/mol. The Morgan fingerprint density at radius 1 is 0.968 bits per heavy atom. The Balaban J connectivity index is 1.72. The lowest BCUT2D eigenvalue weighted by atomic mass is 10.1. The third-order valence-electron chi connectivity index (χ3n) is 4.81. The molecule has 2 aromatic carbocycles. The molecule has 3 rings (SSSR count). The normalized spacial score (nSPS) is 11.5. The van der Waals surface area contributed by atoms with E-state index in [2.05, 4.69) is 5.32 Å². The molecule has 0 saturated heterocycles. The van der Waals surface area contributed by atoms with Gasteiger partial charge in [-0.1, -0.05) is 30.3 Å². The number of hydrogen-bond acceptors (Lipinski definition) is 6. The van der Waals surface area contributed by atoms with Crippen molar-refractivity contribution in [2.75, 3.05) is 21.3 Å². The first-order valence-corrected chi connectivity index (χ1v) is 9.76. The zero-order valence-corrected chi connectivity index (χ0v) is 17.7. The molecule has 1 amide bonds. The van der Waals surface area contributed by atoms with Crippen LogP contribution < -0.4 is 14.8 Å². The van der Waals surface area contributed by atoms with Gasteiger partial charge in [0, 0.05) is 18.4 Å². The standard InChI is InChI=1S/C24H25NO6/c1-28-18-9-11-21(29-2)17(14-18)15-19-10-12-22(31-19)23(26)25-20(24(27)30-3)13-16-7-5-4-6-8-16/h4-12,14,20H,13,15H2,1-3H3,(H,25,26). The minimum Gasteiger partial charge on any atom is -0.497 e. The molecule has 0 fully saturated rings. The monoisotopic (exact) mass is 423 g/mol. The van der Waals surface area contributed by atoms with Crippen molar-refractivity contribution in [3.8, 4) is 11.5 Å². The van der Waals surface area contributed by atoms with Crippen molar-refractivity contribution in [1.82, 2.24) is 5.32 Å². The van der Waals surface area contributed by atoms with Crippen molar-refractivity contribution in [3.63, 3.8) is 0 Å². The van der Waals surface area contributed by atoms with Crippen LogP contribution in [0.4, 0.5) is 0 Å². The van der Waals surface area contributed by atoms with E-state index in [1.165, 1.54) is 7.11 Å². The van der Waals surface area contributed by atoms with Gasteiger partial charge in [-0.05, 0) is 35.9 Å². The van der Waals surface area contributed by atoms with Crippen LogP contribution in [0.25, 0.3) is 0 Å². The van der Waals surface area contributed by atoms with Crippen molar-refractivity contribution in [2.45, 2.75) is 18.9 Å². The molecule has 0 aliphatic carbocycles. The number of amides is 1. The Hall–Kier alpha value is -3.74. The van der Waals surface area contributed by atoms with Crippen LogP contribution in [0.5, 0.6) is 11.5 Å². The van der Waals surface area contributed by atoms with E-state index in [9.17, 15) is 9.59 Å². The van der Waals surface area contributed by atoms with Crippen molar-refractivity contribution < 1.29 is 28.2 Å². The molecule has 0 spiro atoms. The first kappa shape index (κ1) is 22.0. The van der Waals surface area contributed by atoms with Gasteiger partial charge >= 0.3 is 5.97 Å². The second-order valence-corrected chi connectivity index (χ2v) is 6.86. The molecule has 0 aliphatic rings. The van der Waals surface area contributed by atoms with E-state index >= 15 is 0 Å². The van der Waals surface area contributed by atoms with Gasteiger partial charge in [0.05, 0.1) is 21.3 Å². The van der Waals surface area contributed by atoms with Crippen molar-refractivity contribution in [1.29, 1.82) is 0 Å². The lowest BCUT2D eigenvalue weighted by molar-refractivity contribution is -0.142. The fourth-order valence-electron chi connectivity index (χ4n) is 3.22. The van der Waals surface area contributed by atoms with Gasteiger partial charge in [-0.2, -0.15) is 0 Å². The lowest BCUT2D eigenvalue weighted by Crippen LogP contribution is -2.43. The topological polar surface area (TPSA) is 87.0 Å². The highest BCUT2D eigenvalue weighted by molar-refractivity contribution is 5.94. The van der Waals surface area contributed by atoms with Crippen LogP contribution in [-0.4, -0.2) is 39.2 Å². The van der Waals surface area contributed by atoms with Gasteiger partial charge in [0.2, 0.25) is 0 Å². The van der Waals surface area contributed by atoms with E-state index in [-0.39, 0.29) is 5.76 Å². The second-order valence-electron chi connectivity index (χ2n) is 6.86. The number of methoxy groups -OCH3 is 3. The van der Waals surface area contributed by atoms with E-state index < -0.39 is 17.9 Å². The van der Waals surface area contributed by atoms with Crippen LogP contribution in [0.1, 0.15) is 27.4 Å². The summed E-state index contributed by atoms with van der Waals surface area (Å²) in [5.74, 6) is 1.06. The Morgan fingerprint density at radius 3 is 2.42 bits per heavy atom. The van der Waals surface area contributed by atoms with Crippen molar-refractivity contribution in [3.05, 3.63) is 83.3 Å². The number of nitrogens with one attached hydrogen (secondary N) is 1. The molecule has 1 heterocycles. The first-order chi connectivity index (χ1) is 15.0. The second kappa shape index (κ2) is 10.3. The predicted octanol–water partition coefficient (Wildman–Crippen LogP) is 3.40. The SMILES string of the molecule is COC(=O)C(Cc1ccccc1)NC(=O)c1ccc(Cc2cc(OC)ccc2OC)o1. The maximum Gasteiger partial charge on any atom is 0.328 e. The highest BCUT2D eigenvalue weighted by atomic mass is 16.5. The Bertz CT molecular complexity index is 1030. The molecule has 1 aromatic heterocycles. The molecule has 7 nitrogen and oxygen atoms in total. The Labute approximate surface area is 180 Å². The number of furan rings is 1. The summed E-state index contributed by atoms with van der Waals surface area (Å²) in [5, 5.41) is 2.70. The van der Waals surface area contributed by atoms with Crippen LogP contribution in [0.2, 0.25) is 0 Å². The van der Waals surface area contributed by atoms with Crippen LogP contribution in [0.15, 0.2) is 65.1 Å². The number of esters is 1. The number of carbonyl (C=O) groups is 2. The van der Waals surface area contributed by atoms with Gasteiger partial charge < -0.3 is 23.9 Å². The zero-order valence-electron chi connectivity index (χ0n) is 17.7. The number of hydrogen-bond donors (Lipinski definition) is 1. The molecular weight excluding hydrogens is 398 g/mol. The summed E-state index contributed by atoms with van der Waals surface area (Å²) in [6.07, 6.45) is 0.728. The van der Waals surface area contributed by atoms with Crippen LogP contribution in [-0.2, 0) is 22.4 Å². The summed E-state index contributed by atoms with van der Waals surface area (Å²) in [4.78, 5) is 24.9. The minimum absolute atomic E-state index is 0.110. The molecule has 7 heteroatoms. The van der Waals surface area contributed by atoms with E-state index in [1.54, 1.807) is 26.4 Å². The molecule has 0 bridgehead atoms. The predicted molar refractivity (Wildman–Crippen MR) is 114 cm³/mol. The molecule has 162 valence electrons. The minimum atomic E-state index is -0.827. The Morgan fingerprint density at radius 2 is 1.74 bits per heavy atom. The molecule has 0 aliphatic heterocycles. The summed E-state index contributed by atoms with van der Waals surface area (Å²) in [6, 6.07) is 17.3. The molecular formula is C24H25NO6. The van der Waals surface area contributed by atoms with Gasteiger partial charge in [-0.25, -0.2) is 4.79 Å². The zero-order chi connectivity index (χ0) is 22.2. The molecule has 1 unspecified atom stereocenters. The maximum absolute atomic E-state index is 12.7. The van der Waals surface area contributed by atoms with Crippen LogP contribution in [0.3, 0.4) is 0 Å². The molecule has 31 heavy (non-hydrogen) atoms. The number of carbonyl (C=O) groups excluding carboxylic acids is 2. The van der Waals surface area contributed by atoms with E-state index in [4.69, 9.17) is 18.6 Å². The number of ether oxygens (including phenoxy) is 3. The molecule has 1 atom stereocenters. The van der Waals surface area contributed by atoms with E-state index in [0.717, 1.165) is 11.1 Å². The van der Waals surface area contributed by atoms with Crippen molar-refractivity contribution in [2.24, 2.45) is 0 Å². The highest BCUT2D eigenvalue weighted by Gasteiger charge is 2.24. The number of rotatable bonds is 9. The van der Waals surface area contributed by atoms with E-state index in [0.29, 0.717) is 30.1 Å². The summed E-state index contributed by atoms with van der Waals surface area (Å²) >= 11 is 0. The van der Waals surface area contributed by atoms with Crippen LogP contribution in [0, 0.1) is 0 Å². The van der Waals surface area contributed by atoms with Crippen molar-refractivity contribution >= 4 is 11.9 Å². The molecule has 0 saturated carbocycles. The highest BCUT2D eigenvalue weighted by Crippen LogP contribution is 2.27. The third kappa shape index (κ3) is 5.66. The summed E-state index contributed by atoms with van der Waals surface area (Å²) in [6.45, 7) is 0. The van der Waals surface area contributed by atoms with Gasteiger partial charge in [0.1, 0.15) is 23.3 Å². The third-order valence-corrected chi connectivity index (χ3v) is 4.81. The van der Waals surface area contributed by atoms with Gasteiger partial charge in [0.25, 0.3) is 5.91 Å². The average Bonchev–Trinajstić information content (AvgIpc) is 3.27. The Kier molecular flexibility index (Phi) is 7.32. The lowest BCUT2D eigenvalue weighted by Gasteiger charge is -2.16. The fourth-order valence-corrected chi connectivity index (χ4v) is 3.22. The number of benzene rings is 2. The quantitative estimate of drug-likeness (QED) is 0.531. The summed E-state index contributed by atoms with van der Waals surface area (Å²) in [5.41, 5.74) is 1.77. The van der Waals surface area contributed by atoms with Gasteiger partial charge in [-0.15, -0.1) is 0 Å². The molecule has 1 N–H and O–H groups in total.